The molecule has 8 heteroatoms. The van der Waals surface area contributed by atoms with Crippen LogP contribution in [0.25, 0.3) is 10.7 Å². The number of nitrogens with zero attached hydrogens (tertiary/aromatic N) is 5. The van der Waals surface area contributed by atoms with Crippen LogP contribution in [0.4, 0.5) is 0 Å². The molecule has 1 aliphatic rings. The van der Waals surface area contributed by atoms with Gasteiger partial charge in [0.2, 0.25) is 5.91 Å². The Hall–Kier alpha value is -3.28. The third-order valence-corrected chi connectivity index (χ3v) is 6.27. The number of hydrogen-bond donors (Lipinski definition) is 0. The van der Waals surface area contributed by atoms with Crippen molar-refractivity contribution in [2.75, 3.05) is 33.3 Å². The number of ether oxygens (including phenoxy) is 1. The van der Waals surface area contributed by atoms with Crippen LogP contribution in [0.2, 0.25) is 0 Å². The second-order valence-electron chi connectivity index (χ2n) is 7.26. The van der Waals surface area contributed by atoms with Crippen LogP contribution in [0.15, 0.2) is 54.0 Å². The smallest absolute Gasteiger partial charge is 0.228 e. The number of hydrogen-bond acceptors (Lipinski definition) is 7. The van der Waals surface area contributed by atoms with E-state index in [1.807, 2.05) is 52.7 Å². The summed E-state index contributed by atoms with van der Waals surface area (Å²) in [6.45, 7) is 2.52. The molecule has 2 aromatic heterocycles. The zero-order valence-electron chi connectivity index (χ0n) is 17.3. The molecular weight excluding hydrogens is 410 g/mol. The third-order valence-electron chi connectivity index (χ3n) is 5.35. The number of pyridine rings is 1. The van der Waals surface area contributed by atoms with Gasteiger partial charge in [-0.1, -0.05) is 18.2 Å². The van der Waals surface area contributed by atoms with Crippen LogP contribution < -0.4 is 4.74 Å². The Kier molecular flexibility index (Phi) is 6.55. The number of benzene rings is 1. The van der Waals surface area contributed by atoms with Gasteiger partial charge in [-0.2, -0.15) is 5.26 Å². The average Bonchev–Trinajstić information content (AvgIpc) is 3.29. The Morgan fingerprint density at radius 3 is 2.61 bits per heavy atom. The van der Waals surface area contributed by atoms with E-state index in [0.29, 0.717) is 26.2 Å². The van der Waals surface area contributed by atoms with Gasteiger partial charge in [0.1, 0.15) is 16.8 Å². The number of carbonyl (C=O) groups excluding carboxylic acids is 1. The molecule has 0 aliphatic carbocycles. The maximum Gasteiger partial charge on any atom is 0.228 e. The van der Waals surface area contributed by atoms with Crippen molar-refractivity contribution < 1.29 is 9.53 Å². The lowest BCUT2D eigenvalue weighted by molar-refractivity contribution is -0.132. The van der Waals surface area contributed by atoms with Gasteiger partial charge >= 0.3 is 0 Å². The number of carbonyl (C=O) groups is 1. The first kappa shape index (κ1) is 21.0. The molecule has 31 heavy (non-hydrogen) atoms. The number of nitriles is 1. The summed E-state index contributed by atoms with van der Waals surface area (Å²) < 4.78 is 5.20. The molecule has 1 saturated heterocycles. The minimum atomic E-state index is -0.331. The zero-order valence-corrected chi connectivity index (χ0v) is 18.1. The van der Waals surface area contributed by atoms with Crippen LogP contribution in [-0.4, -0.2) is 59.0 Å². The number of piperazine rings is 1. The molecule has 1 unspecified atom stereocenters. The standard InChI is InChI=1S/C23H23N5O2S/c1-30-19-7-5-17(6-8-19)21(15-24)27-10-12-28(13-11-27)22(29)14-18-16-31-23(26-18)20-4-2-3-9-25-20/h2-9,16,21H,10-14H2,1H3. The second-order valence-corrected chi connectivity index (χ2v) is 8.12. The van der Waals surface area contributed by atoms with Gasteiger partial charge in [0.15, 0.2) is 0 Å². The van der Waals surface area contributed by atoms with Crippen molar-refractivity contribution in [1.82, 2.24) is 19.8 Å². The van der Waals surface area contributed by atoms with Crippen LogP contribution in [0, 0.1) is 11.3 Å². The zero-order chi connectivity index (χ0) is 21.6. The molecule has 1 aromatic carbocycles. The van der Waals surface area contributed by atoms with Crippen LogP contribution in [0.1, 0.15) is 17.3 Å². The summed E-state index contributed by atoms with van der Waals surface area (Å²) in [6.07, 6.45) is 2.02. The van der Waals surface area contributed by atoms with Gasteiger partial charge in [0.05, 0.1) is 31.0 Å². The first-order valence-corrected chi connectivity index (χ1v) is 11.0. The lowest BCUT2D eigenvalue weighted by atomic mass is 10.1. The van der Waals surface area contributed by atoms with E-state index < -0.39 is 0 Å². The average molecular weight is 434 g/mol. The van der Waals surface area contributed by atoms with Crippen molar-refractivity contribution in [3.63, 3.8) is 0 Å². The van der Waals surface area contributed by atoms with Crippen molar-refractivity contribution in [2.45, 2.75) is 12.5 Å². The Morgan fingerprint density at radius 2 is 1.97 bits per heavy atom. The fourth-order valence-electron chi connectivity index (χ4n) is 3.64. The fraction of sp³-hybridized carbons (Fsp3) is 0.304. The van der Waals surface area contributed by atoms with Gasteiger partial charge in [0.25, 0.3) is 0 Å². The van der Waals surface area contributed by atoms with Gasteiger partial charge in [-0.25, -0.2) is 4.98 Å². The molecular formula is C23H23N5O2S. The van der Waals surface area contributed by atoms with Crippen LogP contribution in [-0.2, 0) is 11.2 Å². The molecule has 1 fully saturated rings. The molecule has 0 spiro atoms. The Labute approximate surface area is 185 Å². The molecule has 1 aliphatic heterocycles. The van der Waals surface area contributed by atoms with E-state index in [9.17, 15) is 10.1 Å². The molecule has 7 nitrogen and oxygen atoms in total. The van der Waals surface area contributed by atoms with Crippen molar-refractivity contribution in [2.24, 2.45) is 0 Å². The van der Waals surface area contributed by atoms with Crippen LogP contribution in [0.3, 0.4) is 0 Å². The normalized spacial score (nSPS) is 15.3. The Bertz CT molecular complexity index is 1050. The Morgan fingerprint density at radius 1 is 1.19 bits per heavy atom. The monoisotopic (exact) mass is 433 g/mol. The predicted molar refractivity (Wildman–Crippen MR) is 119 cm³/mol. The lowest BCUT2D eigenvalue weighted by Crippen LogP contribution is -2.49. The van der Waals surface area contributed by atoms with Gasteiger partial charge in [-0.05, 0) is 29.8 Å². The number of thiazole rings is 1. The van der Waals surface area contributed by atoms with E-state index in [1.54, 1.807) is 13.3 Å². The van der Waals surface area contributed by atoms with Gasteiger partial charge in [0, 0.05) is 37.8 Å². The van der Waals surface area contributed by atoms with Crippen molar-refractivity contribution in [3.8, 4) is 22.5 Å². The highest BCUT2D eigenvalue weighted by Gasteiger charge is 2.27. The molecule has 158 valence electrons. The van der Waals surface area contributed by atoms with Crippen LogP contribution in [0.5, 0.6) is 5.75 Å². The molecule has 1 atom stereocenters. The summed E-state index contributed by atoms with van der Waals surface area (Å²) in [5.74, 6) is 0.833. The molecule has 0 bridgehead atoms. The maximum absolute atomic E-state index is 12.8. The number of amides is 1. The first-order chi connectivity index (χ1) is 15.2. The van der Waals surface area contributed by atoms with Gasteiger partial charge in [-0.3, -0.25) is 14.7 Å². The SMILES string of the molecule is COc1ccc(C(C#N)N2CCN(C(=O)Cc3csc(-c4ccccn4)n3)CC2)cc1. The molecule has 0 saturated carbocycles. The number of methoxy groups -OCH3 is 1. The summed E-state index contributed by atoms with van der Waals surface area (Å²) in [5.41, 5.74) is 2.53. The predicted octanol–water partition coefficient (Wildman–Crippen LogP) is 3.17. The summed E-state index contributed by atoms with van der Waals surface area (Å²) in [4.78, 5) is 25.6. The molecule has 3 aromatic rings. The Balaban J connectivity index is 1.33. The quantitative estimate of drug-likeness (QED) is 0.594. The fourth-order valence-corrected chi connectivity index (χ4v) is 4.44. The van der Waals surface area contributed by atoms with Crippen molar-refractivity contribution in [1.29, 1.82) is 5.26 Å². The summed E-state index contributed by atoms with van der Waals surface area (Å²) >= 11 is 1.50. The van der Waals surface area contributed by atoms with E-state index in [1.165, 1.54) is 11.3 Å². The van der Waals surface area contributed by atoms with E-state index in [-0.39, 0.29) is 18.4 Å². The summed E-state index contributed by atoms with van der Waals surface area (Å²) in [7, 11) is 1.62. The highest BCUT2D eigenvalue weighted by molar-refractivity contribution is 7.13. The van der Waals surface area contributed by atoms with E-state index in [2.05, 4.69) is 20.9 Å². The van der Waals surface area contributed by atoms with Gasteiger partial charge in [-0.15, -0.1) is 11.3 Å². The lowest BCUT2D eigenvalue weighted by Gasteiger charge is -2.37. The highest BCUT2D eigenvalue weighted by atomic mass is 32.1. The van der Waals surface area contributed by atoms with Gasteiger partial charge < -0.3 is 9.64 Å². The second kappa shape index (κ2) is 9.69. The molecule has 4 rings (SSSR count). The van der Waals surface area contributed by atoms with E-state index in [4.69, 9.17) is 4.74 Å². The maximum atomic E-state index is 12.8. The van der Waals surface area contributed by atoms with Crippen molar-refractivity contribution in [3.05, 3.63) is 65.3 Å². The number of aromatic nitrogens is 2. The molecule has 1 amide bonds. The van der Waals surface area contributed by atoms with E-state index >= 15 is 0 Å². The minimum Gasteiger partial charge on any atom is -0.497 e. The molecule has 3 heterocycles. The molecule has 0 N–H and O–H groups in total. The first-order valence-electron chi connectivity index (χ1n) is 10.1. The van der Waals surface area contributed by atoms with Crippen molar-refractivity contribution >= 4 is 17.2 Å². The largest absolute Gasteiger partial charge is 0.497 e. The number of rotatable bonds is 6. The summed E-state index contributed by atoms with van der Waals surface area (Å²) in [5, 5.41) is 12.5. The third kappa shape index (κ3) is 4.90. The van der Waals surface area contributed by atoms with E-state index in [0.717, 1.165) is 27.7 Å². The minimum absolute atomic E-state index is 0.0653. The van der Waals surface area contributed by atoms with Crippen LogP contribution >= 0.6 is 11.3 Å². The summed E-state index contributed by atoms with van der Waals surface area (Å²) in [6, 6.07) is 15.4. The topological polar surface area (TPSA) is 82.4 Å². The highest BCUT2D eigenvalue weighted by Crippen LogP contribution is 2.25. The molecule has 0 radical (unpaired) electrons.